The number of rotatable bonds is 7. The molecule has 0 bridgehead atoms. The average Bonchev–Trinajstić information content (AvgIpc) is 2.92. The monoisotopic (exact) mass is 421 g/mol. The van der Waals surface area contributed by atoms with Gasteiger partial charge in [-0.25, -0.2) is 8.42 Å². The zero-order valence-corrected chi connectivity index (χ0v) is 15.9. The summed E-state index contributed by atoms with van der Waals surface area (Å²) in [5.41, 5.74) is 0.101. The summed E-state index contributed by atoms with van der Waals surface area (Å²) in [5, 5.41) is 5.90. The van der Waals surface area contributed by atoms with Gasteiger partial charge in [-0.1, -0.05) is 17.3 Å². The predicted octanol–water partition coefficient (Wildman–Crippen LogP) is 2.54. The van der Waals surface area contributed by atoms with E-state index in [-0.39, 0.29) is 27.8 Å². The number of aryl methyl sites for hydroxylation is 2. The van der Waals surface area contributed by atoms with Crippen LogP contribution in [0.1, 0.15) is 18.4 Å². The molecule has 0 saturated heterocycles. The highest BCUT2D eigenvalue weighted by Crippen LogP contribution is 2.26. The molecule has 0 aliphatic rings. The molecule has 154 valence electrons. The zero-order valence-electron chi connectivity index (χ0n) is 15.1. The molecule has 8 nitrogen and oxygen atoms in total. The second kappa shape index (κ2) is 8.19. The van der Waals surface area contributed by atoms with Crippen molar-refractivity contribution in [2.75, 3.05) is 11.9 Å². The van der Waals surface area contributed by atoms with Crippen LogP contribution in [0.5, 0.6) is 5.75 Å². The second-order valence-electron chi connectivity index (χ2n) is 5.89. The molecule has 1 heterocycles. The van der Waals surface area contributed by atoms with Crippen LogP contribution in [0.3, 0.4) is 0 Å². The second-order valence-corrected chi connectivity index (χ2v) is 7.54. The van der Waals surface area contributed by atoms with Gasteiger partial charge in [0.05, 0.1) is 11.7 Å². The molecule has 1 atom stereocenters. The molecule has 2 rings (SSSR count). The van der Waals surface area contributed by atoms with Crippen molar-refractivity contribution < 1.29 is 35.6 Å². The van der Waals surface area contributed by atoms with Crippen LogP contribution >= 0.6 is 0 Å². The summed E-state index contributed by atoms with van der Waals surface area (Å²) in [6.45, 7) is 2.59. The van der Waals surface area contributed by atoms with Gasteiger partial charge in [-0.2, -0.15) is 17.9 Å². The Hall–Kier alpha value is -2.60. The number of benzene rings is 1. The summed E-state index contributed by atoms with van der Waals surface area (Å²) in [7, 11) is -4.10. The number of nitrogens with zero attached hydrogens (tertiary/aromatic N) is 1. The highest BCUT2D eigenvalue weighted by Gasteiger charge is 2.30. The van der Waals surface area contributed by atoms with E-state index in [0.717, 1.165) is 0 Å². The smallest absolute Gasteiger partial charge is 0.422 e. The predicted molar refractivity (Wildman–Crippen MR) is 92.4 cm³/mol. The normalized spacial score (nSPS) is 13.2. The summed E-state index contributed by atoms with van der Waals surface area (Å²) >= 11 is 0. The van der Waals surface area contributed by atoms with Gasteiger partial charge in [0, 0.05) is 0 Å². The van der Waals surface area contributed by atoms with Crippen molar-refractivity contribution in [2.45, 2.75) is 37.9 Å². The van der Waals surface area contributed by atoms with E-state index in [1.807, 2.05) is 0 Å². The standard InChI is InChI=1S/C16H18F3N3O5S/c1-9-14(11(3)27-21-9)28(24,25)22-10(2)15(23)20-12-6-4-5-7-13(12)26-8-16(17,18)19/h4-7,10,22H,8H2,1-3H3,(H,20,23)/t10-/m0/s1. The molecule has 2 aromatic rings. The van der Waals surface area contributed by atoms with Crippen LogP contribution in [-0.4, -0.2) is 38.3 Å². The Morgan fingerprint density at radius 1 is 1.29 bits per heavy atom. The van der Waals surface area contributed by atoms with Crippen molar-refractivity contribution in [3.05, 3.63) is 35.7 Å². The van der Waals surface area contributed by atoms with Crippen LogP contribution in [0, 0.1) is 13.8 Å². The van der Waals surface area contributed by atoms with Crippen LogP contribution in [0.2, 0.25) is 0 Å². The van der Waals surface area contributed by atoms with Gasteiger partial charge >= 0.3 is 6.18 Å². The van der Waals surface area contributed by atoms with Crippen LogP contribution in [0.4, 0.5) is 18.9 Å². The molecule has 1 aromatic heterocycles. The van der Waals surface area contributed by atoms with Crippen molar-refractivity contribution in [1.29, 1.82) is 0 Å². The van der Waals surface area contributed by atoms with Crippen molar-refractivity contribution in [3.8, 4) is 5.75 Å². The van der Waals surface area contributed by atoms with Crippen LogP contribution < -0.4 is 14.8 Å². The number of hydrogen-bond acceptors (Lipinski definition) is 6. The summed E-state index contributed by atoms with van der Waals surface area (Å²) in [5.74, 6) is -0.934. The lowest BCUT2D eigenvalue weighted by Crippen LogP contribution is -2.41. The molecule has 0 aliphatic heterocycles. The summed E-state index contributed by atoms with van der Waals surface area (Å²) < 4.78 is 73.6. The minimum atomic E-state index is -4.55. The molecule has 0 spiro atoms. The average molecular weight is 421 g/mol. The van der Waals surface area contributed by atoms with E-state index in [1.165, 1.54) is 45.0 Å². The Morgan fingerprint density at radius 2 is 1.93 bits per heavy atom. The number of amides is 1. The van der Waals surface area contributed by atoms with E-state index < -0.39 is 34.8 Å². The highest BCUT2D eigenvalue weighted by atomic mass is 32.2. The zero-order chi connectivity index (χ0) is 21.1. The van der Waals surface area contributed by atoms with E-state index in [4.69, 9.17) is 4.52 Å². The fourth-order valence-corrected chi connectivity index (χ4v) is 3.83. The summed E-state index contributed by atoms with van der Waals surface area (Å²) in [4.78, 5) is 12.1. The molecule has 28 heavy (non-hydrogen) atoms. The molecule has 2 N–H and O–H groups in total. The molecule has 0 saturated carbocycles. The Bertz CT molecular complexity index is 937. The van der Waals surface area contributed by atoms with E-state index >= 15 is 0 Å². The number of ether oxygens (including phenoxy) is 1. The SMILES string of the molecule is Cc1noc(C)c1S(=O)(=O)N[C@@H](C)C(=O)Nc1ccccc1OCC(F)(F)F. The first-order chi connectivity index (χ1) is 12.9. The molecule has 12 heteroatoms. The van der Waals surface area contributed by atoms with E-state index in [2.05, 4.69) is 19.9 Å². The number of carbonyl (C=O) groups excluding carboxylic acids is 1. The number of anilines is 1. The number of para-hydroxylation sites is 2. The molecule has 0 radical (unpaired) electrons. The van der Waals surface area contributed by atoms with Crippen molar-refractivity contribution in [3.63, 3.8) is 0 Å². The van der Waals surface area contributed by atoms with E-state index in [0.29, 0.717) is 0 Å². The summed E-state index contributed by atoms with van der Waals surface area (Å²) in [6.07, 6.45) is -4.55. The number of alkyl halides is 3. The topological polar surface area (TPSA) is 111 Å². The lowest BCUT2D eigenvalue weighted by atomic mass is 10.2. The van der Waals surface area contributed by atoms with Crippen molar-refractivity contribution >= 4 is 21.6 Å². The highest BCUT2D eigenvalue weighted by molar-refractivity contribution is 7.89. The number of sulfonamides is 1. The Labute approximate surface area is 159 Å². The van der Waals surface area contributed by atoms with Gasteiger partial charge in [0.25, 0.3) is 0 Å². The molecule has 0 fully saturated rings. The molecular formula is C16H18F3N3O5S. The van der Waals surface area contributed by atoms with E-state index in [1.54, 1.807) is 0 Å². The Balaban J connectivity index is 2.11. The molecular weight excluding hydrogens is 403 g/mol. The van der Waals surface area contributed by atoms with Crippen LogP contribution in [0.15, 0.2) is 33.7 Å². The first-order valence-electron chi connectivity index (χ1n) is 7.95. The van der Waals surface area contributed by atoms with Crippen LogP contribution in [0.25, 0.3) is 0 Å². The maximum Gasteiger partial charge on any atom is 0.422 e. The van der Waals surface area contributed by atoms with Crippen molar-refractivity contribution in [1.82, 2.24) is 9.88 Å². The van der Waals surface area contributed by atoms with Gasteiger partial charge in [-0.15, -0.1) is 0 Å². The Kier molecular flexibility index (Phi) is 6.34. The first-order valence-corrected chi connectivity index (χ1v) is 9.43. The third-order valence-corrected chi connectivity index (χ3v) is 5.28. The van der Waals surface area contributed by atoms with Gasteiger partial charge in [-0.05, 0) is 32.9 Å². The summed E-state index contributed by atoms with van der Waals surface area (Å²) in [6, 6.07) is 4.26. The lowest BCUT2D eigenvalue weighted by Gasteiger charge is -2.17. The molecule has 1 amide bonds. The maximum atomic E-state index is 12.4. The first kappa shape index (κ1) is 21.7. The number of carbonyl (C=O) groups is 1. The Morgan fingerprint density at radius 3 is 2.50 bits per heavy atom. The minimum Gasteiger partial charge on any atom is -0.482 e. The molecule has 0 unspecified atom stereocenters. The third kappa shape index (κ3) is 5.45. The van der Waals surface area contributed by atoms with Crippen LogP contribution in [-0.2, 0) is 14.8 Å². The maximum absolute atomic E-state index is 12.4. The van der Waals surface area contributed by atoms with E-state index in [9.17, 15) is 26.4 Å². The van der Waals surface area contributed by atoms with Gasteiger partial charge in [0.15, 0.2) is 12.4 Å². The lowest BCUT2D eigenvalue weighted by molar-refractivity contribution is -0.153. The molecule has 1 aromatic carbocycles. The minimum absolute atomic E-state index is 0.0277. The quantitative estimate of drug-likeness (QED) is 0.711. The number of hydrogen-bond donors (Lipinski definition) is 2. The fourth-order valence-electron chi connectivity index (χ4n) is 2.30. The third-order valence-electron chi connectivity index (χ3n) is 3.50. The largest absolute Gasteiger partial charge is 0.482 e. The van der Waals surface area contributed by atoms with Crippen molar-refractivity contribution in [2.24, 2.45) is 0 Å². The van der Waals surface area contributed by atoms with Gasteiger partial charge < -0.3 is 14.6 Å². The number of halogens is 3. The number of aromatic nitrogens is 1. The number of nitrogens with one attached hydrogen (secondary N) is 2. The van der Waals surface area contributed by atoms with Gasteiger partial charge in [0.2, 0.25) is 15.9 Å². The molecule has 0 aliphatic carbocycles. The fraction of sp³-hybridized carbons (Fsp3) is 0.375. The van der Waals surface area contributed by atoms with Gasteiger partial charge in [0.1, 0.15) is 16.3 Å². The van der Waals surface area contributed by atoms with Gasteiger partial charge in [-0.3, -0.25) is 4.79 Å².